The summed E-state index contributed by atoms with van der Waals surface area (Å²) in [5.41, 5.74) is 0.172. The van der Waals surface area contributed by atoms with Gasteiger partial charge >= 0.3 is 0 Å². The monoisotopic (exact) mass is 261 g/mol. The van der Waals surface area contributed by atoms with Crippen LogP contribution in [0.15, 0.2) is 24.4 Å². The van der Waals surface area contributed by atoms with Gasteiger partial charge in [-0.15, -0.1) is 0 Å². The number of nitrogens with zero attached hydrogens (tertiary/aromatic N) is 2. The second-order valence-corrected chi connectivity index (χ2v) is 5.76. The fourth-order valence-corrected chi connectivity index (χ4v) is 2.21. The van der Waals surface area contributed by atoms with E-state index in [1.54, 1.807) is 29.3 Å². The number of carbonyl (C=O) groups is 2. The Bertz CT molecular complexity index is 479. The second-order valence-electron chi connectivity index (χ2n) is 5.76. The van der Waals surface area contributed by atoms with Gasteiger partial charge in [0.15, 0.2) is 0 Å². The van der Waals surface area contributed by atoms with Gasteiger partial charge in [0.1, 0.15) is 5.69 Å². The van der Waals surface area contributed by atoms with Gasteiger partial charge in [-0.25, -0.2) is 0 Å². The Labute approximate surface area is 113 Å². The summed E-state index contributed by atoms with van der Waals surface area (Å²) in [6.07, 6.45) is 1.94. The molecule has 0 bridgehead atoms. The molecular weight excluding hydrogens is 242 g/mol. The molecule has 1 aromatic rings. The highest BCUT2D eigenvalue weighted by Gasteiger charge is 2.36. The second kappa shape index (κ2) is 4.99. The summed E-state index contributed by atoms with van der Waals surface area (Å²) < 4.78 is 0. The van der Waals surface area contributed by atoms with Crippen LogP contribution in [0.2, 0.25) is 0 Å². The summed E-state index contributed by atoms with van der Waals surface area (Å²) in [7, 11) is 0. The topological polar surface area (TPSA) is 62.3 Å². The van der Waals surface area contributed by atoms with E-state index in [0.29, 0.717) is 18.7 Å². The van der Waals surface area contributed by atoms with Crippen LogP contribution in [0.3, 0.4) is 0 Å². The van der Waals surface area contributed by atoms with Crippen molar-refractivity contribution in [3.05, 3.63) is 30.1 Å². The van der Waals surface area contributed by atoms with Crippen molar-refractivity contribution in [2.75, 3.05) is 6.54 Å². The SMILES string of the molecule is CC(C)(C)N1CC(NC(=O)c2ccccn2)CC1=O. The number of hydrogen-bond acceptors (Lipinski definition) is 3. The van der Waals surface area contributed by atoms with Crippen molar-refractivity contribution in [3.63, 3.8) is 0 Å². The maximum atomic E-state index is 12.0. The van der Waals surface area contributed by atoms with Crippen molar-refractivity contribution in [2.24, 2.45) is 0 Å². The molecule has 1 atom stereocenters. The zero-order valence-corrected chi connectivity index (χ0v) is 11.5. The number of hydrogen-bond donors (Lipinski definition) is 1. The van der Waals surface area contributed by atoms with E-state index in [2.05, 4.69) is 10.3 Å². The molecule has 1 aliphatic heterocycles. The van der Waals surface area contributed by atoms with Gasteiger partial charge in [-0.3, -0.25) is 14.6 Å². The van der Waals surface area contributed by atoms with Gasteiger partial charge < -0.3 is 10.2 Å². The predicted molar refractivity (Wildman–Crippen MR) is 71.6 cm³/mol. The summed E-state index contributed by atoms with van der Waals surface area (Å²) in [5, 5.41) is 2.86. The largest absolute Gasteiger partial charge is 0.346 e. The fraction of sp³-hybridized carbons (Fsp3) is 0.500. The van der Waals surface area contributed by atoms with E-state index in [1.165, 1.54) is 0 Å². The molecule has 0 radical (unpaired) electrons. The molecule has 1 aromatic heterocycles. The van der Waals surface area contributed by atoms with Gasteiger partial charge in [-0.1, -0.05) is 6.07 Å². The zero-order valence-electron chi connectivity index (χ0n) is 11.5. The van der Waals surface area contributed by atoms with E-state index >= 15 is 0 Å². The Morgan fingerprint density at radius 2 is 2.16 bits per heavy atom. The van der Waals surface area contributed by atoms with Crippen LogP contribution in [0.5, 0.6) is 0 Å². The van der Waals surface area contributed by atoms with E-state index in [9.17, 15) is 9.59 Å². The zero-order chi connectivity index (χ0) is 14.0. The van der Waals surface area contributed by atoms with Crippen molar-refractivity contribution < 1.29 is 9.59 Å². The average molecular weight is 261 g/mol. The lowest BCUT2D eigenvalue weighted by molar-refractivity contribution is -0.131. The minimum absolute atomic E-state index is 0.0822. The number of likely N-dealkylation sites (tertiary alicyclic amines) is 1. The van der Waals surface area contributed by atoms with Crippen LogP contribution < -0.4 is 5.32 Å². The van der Waals surface area contributed by atoms with Crippen LogP contribution in [-0.4, -0.2) is 39.8 Å². The van der Waals surface area contributed by atoms with Crippen molar-refractivity contribution in [1.82, 2.24) is 15.2 Å². The van der Waals surface area contributed by atoms with E-state index in [0.717, 1.165) is 0 Å². The third kappa shape index (κ3) is 3.10. The normalized spacial score (nSPS) is 19.6. The number of nitrogens with one attached hydrogen (secondary N) is 1. The van der Waals surface area contributed by atoms with Crippen LogP contribution in [0.4, 0.5) is 0 Å². The smallest absolute Gasteiger partial charge is 0.270 e. The van der Waals surface area contributed by atoms with E-state index in [4.69, 9.17) is 0 Å². The maximum Gasteiger partial charge on any atom is 0.270 e. The molecule has 1 saturated heterocycles. The highest BCUT2D eigenvalue weighted by Crippen LogP contribution is 2.21. The number of pyridine rings is 1. The van der Waals surface area contributed by atoms with Gasteiger partial charge in [0, 0.05) is 24.7 Å². The number of carbonyl (C=O) groups excluding carboxylic acids is 2. The summed E-state index contributed by atoms with van der Waals surface area (Å²) in [4.78, 5) is 29.7. The molecule has 5 nitrogen and oxygen atoms in total. The lowest BCUT2D eigenvalue weighted by Gasteiger charge is -2.32. The summed E-state index contributed by atoms with van der Waals surface area (Å²) >= 11 is 0. The molecule has 5 heteroatoms. The van der Waals surface area contributed by atoms with Crippen LogP contribution in [-0.2, 0) is 4.79 Å². The van der Waals surface area contributed by atoms with Crippen molar-refractivity contribution in [3.8, 4) is 0 Å². The highest BCUT2D eigenvalue weighted by atomic mass is 16.2. The first-order valence-corrected chi connectivity index (χ1v) is 6.40. The van der Waals surface area contributed by atoms with Crippen molar-refractivity contribution >= 4 is 11.8 Å². The molecule has 2 amide bonds. The minimum Gasteiger partial charge on any atom is -0.346 e. The highest BCUT2D eigenvalue weighted by molar-refractivity contribution is 5.93. The number of aromatic nitrogens is 1. The van der Waals surface area contributed by atoms with Gasteiger partial charge in [0.05, 0.1) is 6.04 Å². The maximum absolute atomic E-state index is 12.0. The molecule has 1 fully saturated rings. The lowest BCUT2D eigenvalue weighted by atomic mass is 10.1. The van der Waals surface area contributed by atoms with Gasteiger partial charge in [-0.2, -0.15) is 0 Å². The van der Waals surface area contributed by atoms with E-state index in [1.807, 2.05) is 20.8 Å². The fourth-order valence-electron chi connectivity index (χ4n) is 2.21. The molecule has 2 heterocycles. The molecule has 1 N–H and O–H groups in total. The van der Waals surface area contributed by atoms with Crippen molar-refractivity contribution in [1.29, 1.82) is 0 Å². The Morgan fingerprint density at radius 1 is 1.42 bits per heavy atom. The Hall–Kier alpha value is -1.91. The summed E-state index contributed by atoms with van der Waals surface area (Å²) in [6.45, 7) is 6.54. The predicted octanol–water partition coefficient (Wildman–Crippen LogP) is 1.21. The van der Waals surface area contributed by atoms with Crippen molar-refractivity contribution in [2.45, 2.75) is 38.8 Å². The van der Waals surface area contributed by atoms with Gasteiger partial charge in [0.2, 0.25) is 5.91 Å². The summed E-state index contributed by atoms with van der Waals surface area (Å²) in [6, 6.07) is 5.05. The average Bonchev–Trinajstić information content (AvgIpc) is 2.71. The Morgan fingerprint density at radius 3 is 2.68 bits per heavy atom. The molecular formula is C14H19N3O2. The molecule has 0 aromatic carbocycles. The summed E-state index contributed by atoms with van der Waals surface area (Å²) in [5.74, 6) is -0.145. The molecule has 0 spiro atoms. The van der Waals surface area contributed by atoms with Crippen LogP contribution >= 0.6 is 0 Å². The molecule has 0 saturated carbocycles. The van der Waals surface area contributed by atoms with Crippen LogP contribution in [0, 0.1) is 0 Å². The van der Waals surface area contributed by atoms with E-state index in [-0.39, 0.29) is 23.4 Å². The van der Waals surface area contributed by atoms with Crippen LogP contribution in [0.1, 0.15) is 37.7 Å². The number of amides is 2. The van der Waals surface area contributed by atoms with Gasteiger partial charge in [0.25, 0.3) is 5.91 Å². The van der Waals surface area contributed by atoms with Crippen LogP contribution in [0.25, 0.3) is 0 Å². The first-order valence-electron chi connectivity index (χ1n) is 6.40. The molecule has 19 heavy (non-hydrogen) atoms. The Kier molecular flexibility index (Phi) is 3.55. The molecule has 102 valence electrons. The lowest BCUT2D eigenvalue weighted by Crippen LogP contribution is -2.44. The number of rotatable bonds is 2. The minimum atomic E-state index is -0.228. The molecule has 2 rings (SSSR count). The standard InChI is InChI=1S/C14H19N3O2/c1-14(2,3)17-9-10(8-12(17)18)16-13(19)11-6-4-5-7-15-11/h4-7,10H,8-9H2,1-3H3,(H,16,19). The Balaban J connectivity index is 1.99. The first kappa shape index (κ1) is 13.5. The quantitative estimate of drug-likeness (QED) is 0.870. The van der Waals surface area contributed by atoms with E-state index < -0.39 is 0 Å². The molecule has 1 aliphatic rings. The molecule has 0 aliphatic carbocycles. The first-order chi connectivity index (χ1) is 8.88. The third-order valence-electron chi connectivity index (χ3n) is 3.17. The molecule has 1 unspecified atom stereocenters. The van der Waals surface area contributed by atoms with Gasteiger partial charge in [-0.05, 0) is 32.9 Å². The third-order valence-corrected chi connectivity index (χ3v) is 3.17.